The largest absolute Gasteiger partial charge is 0.460 e. The lowest BCUT2D eigenvalue weighted by Crippen LogP contribution is -2.46. The second kappa shape index (κ2) is 13.2. The van der Waals surface area contributed by atoms with Crippen molar-refractivity contribution in [1.29, 1.82) is 0 Å². The van der Waals surface area contributed by atoms with Gasteiger partial charge in [-0.2, -0.15) is 0 Å². The molecule has 0 aliphatic rings. The van der Waals surface area contributed by atoms with E-state index < -0.39 is 53.1 Å². The average Bonchev–Trinajstić information content (AvgIpc) is 2.62. The van der Waals surface area contributed by atoms with E-state index >= 15 is 8.78 Å². The molecule has 1 N–H and O–H groups in total. The number of rotatable bonds is 10. The number of esters is 2. The Kier molecular flexibility index (Phi) is 11.8. The summed E-state index contributed by atoms with van der Waals surface area (Å²) in [6.45, 7) is 14.2. The molecular formula is C25H36Br2F2N2O5. The van der Waals surface area contributed by atoms with E-state index in [9.17, 15) is 14.4 Å². The van der Waals surface area contributed by atoms with Crippen LogP contribution in [0.25, 0.3) is 0 Å². The number of ether oxygens (including phenoxy) is 2. The van der Waals surface area contributed by atoms with E-state index in [0.29, 0.717) is 13.1 Å². The van der Waals surface area contributed by atoms with Gasteiger partial charge in [0.1, 0.15) is 34.6 Å². The zero-order valence-corrected chi connectivity index (χ0v) is 25.2. The molecule has 3 unspecified atom stereocenters. The zero-order valence-electron chi connectivity index (χ0n) is 22.0. The van der Waals surface area contributed by atoms with Crippen molar-refractivity contribution in [2.24, 2.45) is 0 Å². The fourth-order valence-corrected chi connectivity index (χ4v) is 3.92. The highest BCUT2D eigenvalue weighted by atomic mass is 79.9. The Hall–Kier alpha value is -1.75. The molecule has 36 heavy (non-hydrogen) atoms. The standard InChI is InChI=1S/C25H36Br2F2N2O5/c1-14(26)12-31(13-15(2)27)21-17(28)9-16(10-18(21)29)22(33)30-19(23(34)36-25(6,7)8)11-20(32)35-24(3,4)5/h9-10,14-15,19H,11-13H2,1-8H3,(H,30,33). The minimum Gasteiger partial charge on any atom is -0.460 e. The van der Waals surface area contributed by atoms with E-state index in [0.717, 1.165) is 12.1 Å². The van der Waals surface area contributed by atoms with Gasteiger partial charge in [0.05, 0.1) is 6.42 Å². The van der Waals surface area contributed by atoms with Crippen LogP contribution in [0.3, 0.4) is 0 Å². The predicted octanol–water partition coefficient (Wildman–Crippen LogP) is 5.51. The van der Waals surface area contributed by atoms with Gasteiger partial charge in [-0.25, -0.2) is 13.6 Å². The Morgan fingerprint density at radius 3 is 1.75 bits per heavy atom. The molecule has 11 heteroatoms. The Morgan fingerprint density at radius 1 is 0.917 bits per heavy atom. The minimum absolute atomic E-state index is 0.0482. The quantitative estimate of drug-likeness (QED) is 0.268. The number of carbonyl (C=O) groups excluding carboxylic acids is 3. The molecule has 0 heterocycles. The van der Waals surface area contributed by atoms with Crippen molar-refractivity contribution in [3.63, 3.8) is 0 Å². The summed E-state index contributed by atoms with van der Waals surface area (Å²) in [5.41, 5.74) is -2.31. The number of hydrogen-bond donors (Lipinski definition) is 1. The van der Waals surface area contributed by atoms with Crippen molar-refractivity contribution >= 4 is 55.4 Å². The number of amides is 1. The molecule has 0 fully saturated rings. The first-order valence-corrected chi connectivity index (χ1v) is 13.4. The molecule has 7 nitrogen and oxygen atoms in total. The molecule has 0 saturated carbocycles. The van der Waals surface area contributed by atoms with E-state index in [-0.39, 0.29) is 20.9 Å². The summed E-state index contributed by atoms with van der Waals surface area (Å²) < 4.78 is 40.7. The summed E-state index contributed by atoms with van der Waals surface area (Å²) in [5.74, 6) is -4.41. The molecule has 0 aromatic heterocycles. The maximum Gasteiger partial charge on any atom is 0.329 e. The molecule has 0 spiro atoms. The second-order valence-corrected chi connectivity index (χ2v) is 13.7. The maximum atomic E-state index is 15.1. The summed E-state index contributed by atoms with van der Waals surface area (Å²) in [6, 6.07) is 0.383. The van der Waals surface area contributed by atoms with E-state index in [1.807, 2.05) is 13.8 Å². The first-order chi connectivity index (χ1) is 16.3. The van der Waals surface area contributed by atoms with Crippen LogP contribution < -0.4 is 10.2 Å². The molecule has 1 aromatic rings. The van der Waals surface area contributed by atoms with Gasteiger partial charge in [0.25, 0.3) is 5.91 Å². The molecule has 0 radical (unpaired) electrons. The molecule has 0 aliphatic heterocycles. The summed E-state index contributed by atoms with van der Waals surface area (Å²) >= 11 is 6.80. The first-order valence-electron chi connectivity index (χ1n) is 11.6. The van der Waals surface area contributed by atoms with E-state index in [2.05, 4.69) is 37.2 Å². The highest BCUT2D eigenvalue weighted by Crippen LogP contribution is 2.27. The number of benzene rings is 1. The normalized spacial score (nSPS) is 14.4. The fourth-order valence-electron chi connectivity index (χ4n) is 3.22. The predicted molar refractivity (Wildman–Crippen MR) is 143 cm³/mol. The van der Waals surface area contributed by atoms with E-state index in [1.54, 1.807) is 41.5 Å². The van der Waals surface area contributed by atoms with Gasteiger partial charge >= 0.3 is 11.9 Å². The highest BCUT2D eigenvalue weighted by Gasteiger charge is 2.32. The van der Waals surface area contributed by atoms with Crippen LogP contribution in [0.5, 0.6) is 0 Å². The number of anilines is 1. The van der Waals surface area contributed by atoms with Crippen LogP contribution in [0.2, 0.25) is 0 Å². The summed E-state index contributed by atoms with van der Waals surface area (Å²) in [4.78, 5) is 39.4. The fraction of sp³-hybridized carbons (Fsp3) is 0.640. The van der Waals surface area contributed by atoms with Gasteiger partial charge in [-0.05, 0) is 53.7 Å². The maximum absolute atomic E-state index is 15.1. The van der Waals surface area contributed by atoms with Crippen LogP contribution in [-0.2, 0) is 19.1 Å². The number of nitrogens with zero attached hydrogens (tertiary/aromatic N) is 1. The third-order valence-electron chi connectivity index (χ3n) is 4.33. The van der Waals surface area contributed by atoms with Crippen molar-refractivity contribution < 1.29 is 32.6 Å². The van der Waals surface area contributed by atoms with Crippen LogP contribution >= 0.6 is 31.9 Å². The minimum atomic E-state index is -1.42. The average molecular weight is 642 g/mol. The van der Waals surface area contributed by atoms with Crippen molar-refractivity contribution in [1.82, 2.24) is 5.32 Å². The highest BCUT2D eigenvalue weighted by molar-refractivity contribution is 9.09. The lowest BCUT2D eigenvalue weighted by atomic mass is 10.1. The molecule has 204 valence electrons. The molecule has 1 amide bonds. The van der Waals surface area contributed by atoms with Crippen LogP contribution in [0.1, 0.15) is 72.2 Å². The molecule has 1 aromatic carbocycles. The second-order valence-electron chi connectivity index (χ2n) is 10.6. The third-order valence-corrected chi connectivity index (χ3v) is 4.91. The summed E-state index contributed by atoms with van der Waals surface area (Å²) in [6.07, 6.45) is -0.513. The van der Waals surface area contributed by atoms with Crippen LogP contribution in [0, 0.1) is 11.6 Å². The van der Waals surface area contributed by atoms with Crippen molar-refractivity contribution in [3.8, 4) is 0 Å². The van der Waals surface area contributed by atoms with Gasteiger partial charge in [0.2, 0.25) is 0 Å². The van der Waals surface area contributed by atoms with Crippen LogP contribution in [-0.4, -0.2) is 57.8 Å². The Balaban J connectivity index is 3.25. The molecule has 3 atom stereocenters. The number of halogens is 4. The van der Waals surface area contributed by atoms with Gasteiger partial charge in [0.15, 0.2) is 0 Å². The van der Waals surface area contributed by atoms with Gasteiger partial charge < -0.3 is 19.7 Å². The third kappa shape index (κ3) is 11.5. The smallest absolute Gasteiger partial charge is 0.329 e. The lowest BCUT2D eigenvalue weighted by Gasteiger charge is -2.28. The monoisotopic (exact) mass is 640 g/mol. The lowest BCUT2D eigenvalue weighted by molar-refractivity contribution is -0.164. The Morgan fingerprint density at radius 2 is 1.36 bits per heavy atom. The van der Waals surface area contributed by atoms with Gasteiger partial charge in [-0.15, -0.1) is 0 Å². The molecule has 0 bridgehead atoms. The van der Waals surface area contributed by atoms with Crippen molar-refractivity contribution in [2.75, 3.05) is 18.0 Å². The molecule has 0 aliphatic carbocycles. The molecular weight excluding hydrogens is 606 g/mol. The van der Waals surface area contributed by atoms with Gasteiger partial charge in [-0.3, -0.25) is 9.59 Å². The van der Waals surface area contributed by atoms with Crippen LogP contribution in [0.4, 0.5) is 14.5 Å². The topological polar surface area (TPSA) is 84.9 Å². The van der Waals surface area contributed by atoms with Gasteiger partial charge in [0, 0.05) is 28.3 Å². The molecule has 0 saturated heterocycles. The van der Waals surface area contributed by atoms with E-state index in [1.165, 1.54) is 4.90 Å². The number of hydrogen-bond acceptors (Lipinski definition) is 6. The van der Waals surface area contributed by atoms with Crippen molar-refractivity contribution in [2.45, 2.75) is 88.7 Å². The Bertz CT molecular complexity index is 910. The molecule has 1 rings (SSSR count). The number of alkyl halides is 2. The first kappa shape index (κ1) is 32.3. The van der Waals surface area contributed by atoms with Gasteiger partial charge in [-0.1, -0.05) is 45.7 Å². The van der Waals surface area contributed by atoms with Crippen molar-refractivity contribution in [3.05, 3.63) is 29.3 Å². The van der Waals surface area contributed by atoms with Crippen LogP contribution in [0.15, 0.2) is 12.1 Å². The summed E-state index contributed by atoms with van der Waals surface area (Å²) in [7, 11) is 0. The summed E-state index contributed by atoms with van der Waals surface area (Å²) in [5, 5.41) is 2.36. The zero-order chi connectivity index (χ0) is 28.0. The Labute approximate surface area is 228 Å². The number of nitrogens with one attached hydrogen (secondary N) is 1. The van der Waals surface area contributed by atoms with E-state index in [4.69, 9.17) is 9.47 Å². The SMILES string of the molecule is CC(Br)CN(CC(C)Br)c1c(F)cc(C(=O)NC(CC(=O)OC(C)(C)C)C(=O)OC(C)(C)C)cc1F. The number of carbonyl (C=O) groups is 3.